The summed E-state index contributed by atoms with van der Waals surface area (Å²) >= 11 is 5.94. The summed E-state index contributed by atoms with van der Waals surface area (Å²) in [6, 6.07) is 1.68. The molecule has 1 aliphatic rings. The van der Waals surface area contributed by atoms with Crippen LogP contribution in [0.4, 0.5) is 0 Å². The van der Waals surface area contributed by atoms with Gasteiger partial charge in [-0.3, -0.25) is 4.79 Å². The van der Waals surface area contributed by atoms with Gasteiger partial charge in [-0.15, -0.1) is 0 Å². The maximum atomic E-state index is 12.6. The number of amides is 1. The first-order valence-electron chi connectivity index (χ1n) is 6.59. The number of methoxy groups -OCH3 is 1. The van der Waals surface area contributed by atoms with Crippen molar-refractivity contribution in [2.45, 2.75) is 12.0 Å². The zero-order chi connectivity index (χ0) is 15.0. The van der Waals surface area contributed by atoms with Crippen LogP contribution < -0.4 is 0 Å². The van der Waals surface area contributed by atoms with Gasteiger partial charge in [0.1, 0.15) is 5.69 Å². The molecule has 1 N–H and O–H groups in total. The minimum absolute atomic E-state index is 0.0217. The van der Waals surface area contributed by atoms with Gasteiger partial charge < -0.3 is 14.2 Å². The van der Waals surface area contributed by atoms with Crippen molar-refractivity contribution < 1.29 is 9.53 Å². The van der Waals surface area contributed by atoms with E-state index in [1.807, 2.05) is 0 Å². The van der Waals surface area contributed by atoms with E-state index in [1.54, 1.807) is 42.1 Å². The Bertz CT molecular complexity index is 639. The Labute approximate surface area is 126 Å². The zero-order valence-electron chi connectivity index (χ0n) is 11.8. The number of nitrogens with one attached hydrogen (secondary N) is 1. The molecule has 0 saturated carbocycles. The number of carbonyl (C=O) groups excluding carboxylic acids is 1. The van der Waals surface area contributed by atoms with E-state index in [0.717, 1.165) is 5.69 Å². The van der Waals surface area contributed by atoms with Gasteiger partial charge in [-0.2, -0.15) is 15.4 Å². The molecular weight excluding hydrogens is 294 g/mol. The molecule has 2 aromatic heterocycles. The second-order valence-corrected chi connectivity index (χ2v) is 5.58. The summed E-state index contributed by atoms with van der Waals surface area (Å²) in [5, 5.41) is 11.1. The number of likely N-dealkylation sites (tertiary alicyclic amines) is 1. The highest BCUT2D eigenvalue weighted by Gasteiger charge is 2.38. The maximum absolute atomic E-state index is 12.6. The molecule has 1 amide bonds. The number of aromatic nitrogens is 4. The number of hydrogen-bond acceptors (Lipinski definition) is 4. The Morgan fingerprint density at radius 2 is 2.33 bits per heavy atom. The molecule has 0 spiro atoms. The summed E-state index contributed by atoms with van der Waals surface area (Å²) in [5.41, 5.74) is 1.37. The predicted octanol–water partition coefficient (Wildman–Crippen LogP) is 1.05. The van der Waals surface area contributed by atoms with Crippen molar-refractivity contribution in [3.05, 3.63) is 34.9 Å². The molecule has 1 aliphatic heterocycles. The van der Waals surface area contributed by atoms with Crippen LogP contribution in [-0.4, -0.2) is 57.1 Å². The molecule has 112 valence electrons. The molecule has 1 fully saturated rings. The number of ether oxygens (including phenoxy) is 1. The number of H-pyrrole nitrogens is 1. The lowest BCUT2D eigenvalue weighted by Gasteiger charge is -2.16. The number of nitrogens with zero attached hydrogens (tertiary/aromatic N) is 4. The Balaban J connectivity index is 1.81. The monoisotopic (exact) mass is 309 g/mol. The Morgan fingerprint density at radius 1 is 1.52 bits per heavy atom. The second-order valence-electron chi connectivity index (χ2n) is 5.14. The molecule has 0 bridgehead atoms. The number of halogens is 1. The largest absolute Gasteiger partial charge is 0.379 e. The van der Waals surface area contributed by atoms with Crippen LogP contribution in [0.1, 0.15) is 22.1 Å². The standard InChI is InChI=1S/C13H16ClN5O2/c1-18-5-8(14)3-11(18)13(20)19-6-9(12(7-19)21-2)10-4-15-17-16-10/h3-5,9,12H,6-7H2,1-2H3,(H,15,16,17)/t9-,12+/m0/s1. The van der Waals surface area contributed by atoms with Crippen LogP contribution in [0.25, 0.3) is 0 Å². The van der Waals surface area contributed by atoms with Gasteiger partial charge in [0.25, 0.3) is 5.91 Å². The van der Waals surface area contributed by atoms with Gasteiger partial charge in [0, 0.05) is 33.4 Å². The Morgan fingerprint density at radius 3 is 2.90 bits per heavy atom. The SMILES string of the molecule is CO[C@@H]1CN(C(=O)c2cc(Cl)cn2C)C[C@H]1c1cn[nH]n1. The van der Waals surface area contributed by atoms with Crippen LogP contribution in [-0.2, 0) is 11.8 Å². The maximum Gasteiger partial charge on any atom is 0.270 e. The molecule has 3 heterocycles. The van der Waals surface area contributed by atoms with Crippen molar-refractivity contribution >= 4 is 17.5 Å². The highest BCUT2D eigenvalue weighted by atomic mass is 35.5. The average Bonchev–Trinajstić information content (AvgIpc) is 3.16. The Kier molecular flexibility index (Phi) is 3.69. The van der Waals surface area contributed by atoms with E-state index < -0.39 is 0 Å². The van der Waals surface area contributed by atoms with E-state index in [0.29, 0.717) is 23.8 Å². The summed E-state index contributed by atoms with van der Waals surface area (Å²) in [6.07, 6.45) is 3.30. The molecule has 8 heteroatoms. The first-order chi connectivity index (χ1) is 10.1. The van der Waals surface area contributed by atoms with E-state index in [9.17, 15) is 4.79 Å². The van der Waals surface area contributed by atoms with Crippen molar-refractivity contribution in [2.75, 3.05) is 20.2 Å². The molecule has 7 nitrogen and oxygen atoms in total. The van der Waals surface area contributed by atoms with Crippen LogP contribution in [0.2, 0.25) is 5.02 Å². The van der Waals surface area contributed by atoms with E-state index in [2.05, 4.69) is 15.4 Å². The minimum Gasteiger partial charge on any atom is -0.379 e. The quantitative estimate of drug-likeness (QED) is 0.919. The third kappa shape index (κ3) is 2.54. The average molecular weight is 310 g/mol. The lowest BCUT2D eigenvalue weighted by molar-refractivity contribution is 0.0706. The molecule has 1 saturated heterocycles. The molecule has 3 rings (SSSR count). The fourth-order valence-electron chi connectivity index (χ4n) is 2.75. The topological polar surface area (TPSA) is 76.0 Å². The number of aryl methyl sites for hydroxylation is 1. The predicted molar refractivity (Wildman–Crippen MR) is 76.2 cm³/mol. The van der Waals surface area contributed by atoms with Gasteiger partial charge in [0.05, 0.1) is 28.9 Å². The van der Waals surface area contributed by atoms with Crippen molar-refractivity contribution in [2.24, 2.45) is 7.05 Å². The lowest BCUT2D eigenvalue weighted by Crippen LogP contribution is -2.31. The van der Waals surface area contributed by atoms with Crippen LogP contribution in [0.15, 0.2) is 18.5 Å². The molecule has 2 atom stereocenters. The highest BCUT2D eigenvalue weighted by molar-refractivity contribution is 6.31. The normalized spacial score (nSPS) is 22.0. The third-order valence-electron chi connectivity index (χ3n) is 3.86. The molecule has 0 aliphatic carbocycles. The summed E-state index contributed by atoms with van der Waals surface area (Å²) < 4.78 is 7.22. The molecule has 2 aromatic rings. The molecular formula is C13H16ClN5O2. The van der Waals surface area contributed by atoms with E-state index in [-0.39, 0.29) is 17.9 Å². The lowest BCUT2D eigenvalue weighted by atomic mass is 10.0. The molecule has 0 unspecified atom stereocenters. The van der Waals surface area contributed by atoms with Crippen LogP contribution in [0, 0.1) is 0 Å². The zero-order valence-corrected chi connectivity index (χ0v) is 12.5. The summed E-state index contributed by atoms with van der Waals surface area (Å²) in [7, 11) is 3.45. The first kappa shape index (κ1) is 14.1. The highest BCUT2D eigenvalue weighted by Crippen LogP contribution is 2.29. The van der Waals surface area contributed by atoms with Crippen molar-refractivity contribution in [1.82, 2.24) is 24.9 Å². The van der Waals surface area contributed by atoms with Gasteiger partial charge in [-0.1, -0.05) is 11.6 Å². The fourth-order valence-corrected chi connectivity index (χ4v) is 3.00. The molecule has 21 heavy (non-hydrogen) atoms. The summed E-state index contributed by atoms with van der Waals surface area (Å²) in [6.45, 7) is 1.07. The van der Waals surface area contributed by atoms with E-state index in [1.165, 1.54) is 0 Å². The summed E-state index contributed by atoms with van der Waals surface area (Å²) in [5.74, 6) is -0.0362. The molecule has 0 aromatic carbocycles. The van der Waals surface area contributed by atoms with Crippen LogP contribution in [0.3, 0.4) is 0 Å². The second kappa shape index (κ2) is 5.50. The number of aromatic amines is 1. The van der Waals surface area contributed by atoms with Gasteiger partial charge in [-0.25, -0.2) is 0 Å². The van der Waals surface area contributed by atoms with Gasteiger partial charge >= 0.3 is 0 Å². The van der Waals surface area contributed by atoms with Crippen LogP contribution >= 0.6 is 11.6 Å². The third-order valence-corrected chi connectivity index (χ3v) is 4.07. The first-order valence-corrected chi connectivity index (χ1v) is 6.97. The fraction of sp³-hybridized carbons (Fsp3) is 0.462. The van der Waals surface area contributed by atoms with Crippen molar-refractivity contribution in [3.63, 3.8) is 0 Å². The smallest absolute Gasteiger partial charge is 0.270 e. The molecule has 0 radical (unpaired) electrons. The van der Waals surface area contributed by atoms with Crippen molar-refractivity contribution in [1.29, 1.82) is 0 Å². The number of carbonyl (C=O) groups is 1. The van der Waals surface area contributed by atoms with Gasteiger partial charge in [0.2, 0.25) is 0 Å². The van der Waals surface area contributed by atoms with Gasteiger partial charge in [-0.05, 0) is 6.07 Å². The van der Waals surface area contributed by atoms with Crippen molar-refractivity contribution in [3.8, 4) is 0 Å². The number of rotatable bonds is 3. The number of hydrogen-bond donors (Lipinski definition) is 1. The van der Waals surface area contributed by atoms with Gasteiger partial charge in [0.15, 0.2) is 0 Å². The van der Waals surface area contributed by atoms with Crippen LogP contribution in [0.5, 0.6) is 0 Å². The minimum atomic E-state index is -0.0882. The Hall–Kier alpha value is -1.86. The summed E-state index contributed by atoms with van der Waals surface area (Å²) in [4.78, 5) is 14.4. The van der Waals surface area contributed by atoms with E-state index in [4.69, 9.17) is 16.3 Å². The van der Waals surface area contributed by atoms with E-state index >= 15 is 0 Å².